The number of amides is 1. The molecule has 5 heteroatoms. The zero-order chi connectivity index (χ0) is 12.7. The highest BCUT2D eigenvalue weighted by Gasteiger charge is 2.14. The molecule has 1 unspecified atom stereocenters. The summed E-state index contributed by atoms with van der Waals surface area (Å²) < 4.78 is 0. The highest BCUT2D eigenvalue weighted by Crippen LogP contribution is 2.04. The standard InChI is InChI=1S/C12H21N3O2/c1-9(16)10(13)5-2-3-7-15-12(17)11-6-4-8-14-11/h10H,2-8,13H2,1H3,(H,15,17). The first-order valence-corrected chi connectivity index (χ1v) is 6.19. The molecular formula is C12H21N3O2. The molecule has 0 spiro atoms. The summed E-state index contributed by atoms with van der Waals surface area (Å²) in [5.74, 6) is -0.0206. The Kier molecular flexibility index (Phi) is 5.83. The predicted molar refractivity (Wildman–Crippen MR) is 67.1 cm³/mol. The first kappa shape index (κ1) is 13.8. The van der Waals surface area contributed by atoms with Crippen molar-refractivity contribution < 1.29 is 9.59 Å². The fourth-order valence-electron chi connectivity index (χ4n) is 1.72. The maximum atomic E-state index is 11.5. The lowest BCUT2D eigenvalue weighted by atomic mass is 10.1. The normalized spacial score (nSPS) is 16.5. The average Bonchev–Trinajstić information content (AvgIpc) is 2.81. The van der Waals surface area contributed by atoms with Crippen LogP contribution in [0.2, 0.25) is 0 Å². The van der Waals surface area contributed by atoms with Crippen molar-refractivity contribution in [2.45, 2.75) is 45.1 Å². The summed E-state index contributed by atoms with van der Waals surface area (Å²) in [6, 6.07) is -0.357. The Morgan fingerprint density at radius 2 is 2.24 bits per heavy atom. The van der Waals surface area contributed by atoms with Crippen LogP contribution in [0.25, 0.3) is 0 Å². The summed E-state index contributed by atoms with van der Waals surface area (Å²) in [5, 5.41) is 2.83. The Morgan fingerprint density at radius 3 is 2.82 bits per heavy atom. The number of unbranched alkanes of at least 4 members (excludes halogenated alkanes) is 1. The maximum absolute atomic E-state index is 11.5. The summed E-state index contributed by atoms with van der Waals surface area (Å²) in [6.45, 7) is 2.91. The number of hydrogen-bond acceptors (Lipinski definition) is 4. The minimum atomic E-state index is -0.357. The fraction of sp³-hybridized carbons (Fsp3) is 0.750. The number of nitrogens with two attached hydrogens (primary N) is 1. The van der Waals surface area contributed by atoms with E-state index in [9.17, 15) is 9.59 Å². The Hall–Kier alpha value is -1.23. The lowest BCUT2D eigenvalue weighted by molar-refractivity contribution is -0.118. The van der Waals surface area contributed by atoms with Crippen LogP contribution >= 0.6 is 0 Å². The van der Waals surface area contributed by atoms with Crippen LogP contribution in [0.15, 0.2) is 4.99 Å². The number of rotatable bonds is 7. The zero-order valence-electron chi connectivity index (χ0n) is 10.4. The lowest BCUT2D eigenvalue weighted by Crippen LogP contribution is -2.31. The van der Waals surface area contributed by atoms with Gasteiger partial charge in [-0.1, -0.05) is 0 Å². The largest absolute Gasteiger partial charge is 0.351 e. The third-order valence-corrected chi connectivity index (χ3v) is 2.89. The molecule has 0 aromatic rings. The van der Waals surface area contributed by atoms with Crippen LogP contribution in [0.3, 0.4) is 0 Å². The van der Waals surface area contributed by atoms with Crippen LogP contribution in [0.5, 0.6) is 0 Å². The zero-order valence-corrected chi connectivity index (χ0v) is 10.4. The number of carbonyl (C=O) groups excluding carboxylic acids is 2. The van der Waals surface area contributed by atoms with Gasteiger partial charge in [-0.2, -0.15) is 0 Å². The Bertz CT molecular complexity index is 313. The highest BCUT2D eigenvalue weighted by atomic mass is 16.2. The van der Waals surface area contributed by atoms with Gasteiger partial charge in [0.05, 0.1) is 11.8 Å². The molecule has 1 rings (SSSR count). The summed E-state index contributed by atoms with van der Waals surface area (Å²) in [4.78, 5) is 26.5. The third-order valence-electron chi connectivity index (χ3n) is 2.89. The first-order valence-electron chi connectivity index (χ1n) is 6.19. The molecule has 3 N–H and O–H groups in total. The van der Waals surface area contributed by atoms with Gasteiger partial charge in [0.1, 0.15) is 5.78 Å². The monoisotopic (exact) mass is 239 g/mol. The molecule has 1 amide bonds. The van der Waals surface area contributed by atoms with Gasteiger partial charge >= 0.3 is 0 Å². The number of nitrogens with zero attached hydrogens (tertiary/aromatic N) is 1. The maximum Gasteiger partial charge on any atom is 0.265 e. The Labute approximate surface area is 102 Å². The van der Waals surface area contributed by atoms with E-state index in [1.165, 1.54) is 6.92 Å². The van der Waals surface area contributed by atoms with Gasteiger partial charge in [0.25, 0.3) is 5.91 Å². The van der Waals surface area contributed by atoms with Crippen molar-refractivity contribution in [3.05, 3.63) is 0 Å². The highest BCUT2D eigenvalue weighted by molar-refractivity contribution is 6.39. The van der Waals surface area contributed by atoms with Gasteiger partial charge in [0.15, 0.2) is 0 Å². The first-order chi connectivity index (χ1) is 8.11. The molecule has 1 atom stereocenters. The molecular weight excluding hydrogens is 218 g/mol. The molecule has 0 fully saturated rings. The fourth-order valence-corrected chi connectivity index (χ4v) is 1.72. The molecule has 1 aliphatic rings. The molecule has 0 radical (unpaired) electrons. The van der Waals surface area contributed by atoms with Gasteiger partial charge in [-0.05, 0) is 39.0 Å². The molecule has 0 aromatic heterocycles. The second-order valence-electron chi connectivity index (χ2n) is 4.40. The second kappa shape index (κ2) is 7.17. The quantitative estimate of drug-likeness (QED) is 0.632. The van der Waals surface area contributed by atoms with Crippen LogP contribution in [-0.2, 0) is 9.59 Å². The van der Waals surface area contributed by atoms with E-state index >= 15 is 0 Å². The number of aliphatic imine (C=N–C) groups is 1. The van der Waals surface area contributed by atoms with E-state index in [0.29, 0.717) is 18.7 Å². The molecule has 1 aliphatic heterocycles. The van der Waals surface area contributed by atoms with E-state index in [1.807, 2.05) is 0 Å². The van der Waals surface area contributed by atoms with Gasteiger partial charge in [-0.25, -0.2) is 0 Å². The average molecular weight is 239 g/mol. The topological polar surface area (TPSA) is 84.5 Å². The lowest BCUT2D eigenvalue weighted by Gasteiger charge is -2.08. The smallest absolute Gasteiger partial charge is 0.265 e. The van der Waals surface area contributed by atoms with E-state index in [0.717, 1.165) is 32.2 Å². The van der Waals surface area contributed by atoms with Crippen molar-refractivity contribution >= 4 is 17.4 Å². The molecule has 0 saturated heterocycles. The summed E-state index contributed by atoms with van der Waals surface area (Å²) in [6.07, 6.45) is 4.16. The number of ketones is 1. The minimum absolute atomic E-state index is 0.0225. The van der Waals surface area contributed by atoms with E-state index in [2.05, 4.69) is 10.3 Å². The van der Waals surface area contributed by atoms with Crippen LogP contribution in [0.4, 0.5) is 0 Å². The number of hydrogen-bond donors (Lipinski definition) is 2. The number of Topliss-reactive ketones (excluding diaryl/α,β-unsaturated/α-hetero) is 1. The van der Waals surface area contributed by atoms with E-state index in [1.54, 1.807) is 0 Å². The third kappa shape index (κ3) is 5.08. The molecule has 0 saturated carbocycles. The van der Waals surface area contributed by atoms with Gasteiger partial charge in [0.2, 0.25) is 0 Å². The molecule has 17 heavy (non-hydrogen) atoms. The molecule has 0 aliphatic carbocycles. The van der Waals surface area contributed by atoms with Crippen molar-refractivity contribution in [3.8, 4) is 0 Å². The summed E-state index contributed by atoms with van der Waals surface area (Å²) >= 11 is 0. The van der Waals surface area contributed by atoms with Crippen LogP contribution in [0, 0.1) is 0 Å². The van der Waals surface area contributed by atoms with Gasteiger partial charge in [0, 0.05) is 13.1 Å². The van der Waals surface area contributed by atoms with Crippen molar-refractivity contribution in [2.24, 2.45) is 10.7 Å². The SMILES string of the molecule is CC(=O)C(N)CCCCNC(=O)C1=NCCC1. The molecule has 96 valence electrons. The van der Waals surface area contributed by atoms with E-state index in [4.69, 9.17) is 5.73 Å². The van der Waals surface area contributed by atoms with Gasteiger partial charge in [-0.3, -0.25) is 14.6 Å². The second-order valence-corrected chi connectivity index (χ2v) is 4.40. The van der Waals surface area contributed by atoms with Crippen molar-refractivity contribution in [1.82, 2.24) is 5.32 Å². The van der Waals surface area contributed by atoms with E-state index < -0.39 is 0 Å². The molecule has 0 bridgehead atoms. The number of carbonyl (C=O) groups is 2. The van der Waals surface area contributed by atoms with Crippen LogP contribution in [0.1, 0.15) is 39.0 Å². The predicted octanol–water partition coefficient (Wildman–Crippen LogP) is 0.424. The van der Waals surface area contributed by atoms with Crippen LogP contribution < -0.4 is 11.1 Å². The van der Waals surface area contributed by atoms with Gasteiger partial charge < -0.3 is 11.1 Å². The van der Waals surface area contributed by atoms with Gasteiger partial charge in [-0.15, -0.1) is 0 Å². The summed E-state index contributed by atoms with van der Waals surface area (Å²) in [7, 11) is 0. The molecule has 0 aromatic carbocycles. The summed E-state index contributed by atoms with van der Waals surface area (Å²) in [5.41, 5.74) is 6.27. The molecule has 5 nitrogen and oxygen atoms in total. The van der Waals surface area contributed by atoms with Crippen LogP contribution in [-0.4, -0.2) is 36.5 Å². The van der Waals surface area contributed by atoms with Crippen molar-refractivity contribution in [2.75, 3.05) is 13.1 Å². The van der Waals surface area contributed by atoms with E-state index in [-0.39, 0.29) is 17.7 Å². The molecule has 1 heterocycles. The van der Waals surface area contributed by atoms with Crippen molar-refractivity contribution in [3.63, 3.8) is 0 Å². The Balaban J connectivity index is 2.04. The Morgan fingerprint density at radius 1 is 1.47 bits per heavy atom. The minimum Gasteiger partial charge on any atom is -0.351 e. The number of nitrogens with one attached hydrogen (secondary N) is 1. The van der Waals surface area contributed by atoms with Crippen molar-refractivity contribution in [1.29, 1.82) is 0 Å².